The van der Waals surface area contributed by atoms with E-state index in [9.17, 15) is 14.7 Å². The lowest BCUT2D eigenvalue weighted by atomic mass is 10.0. The second-order valence-electron chi connectivity index (χ2n) is 7.92. The molecule has 1 aromatic heterocycles. The van der Waals surface area contributed by atoms with E-state index in [2.05, 4.69) is 9.97 Å². The molecule has 1 amide bonds. The van der Waals surface area contributed by atoms with E-state index < -0.39 is 12.0 Å². The molecule has 1 fully saturated rings. The Labute approximate surface area is 191 Å². The molecule has 0 saturated carbocycles. The molecule has 1 aliphatic rings. The van der Waals surface area contributed by atoms with Crippen LogP contribution in [0.5, 0.6) is 0 Å². The summed E-state index contributed by atoms with van der Waals surface area (Å²) in [6.45, 7) is 0. The summed E-state index contributed by atoms with van der Waals surface area (Å²) < 4.78 is 0. The van der Waals surface area contributed by atoms with Gasteiger partial charge in [-0.25, -0.2) is 14.8 Å². The van der Waals surface area contributed by atoms with Crippen molar-refractivity contribution in [2.75, 3.05) is 19.0 Å². The van der Waals surface area contributed by atoms with Gasteiger partial charge in [-0.2, -0.15) is 0 Å². The van der Waals surface area contributed by atoms with Crippen LogP contribution in [0.25, 0.3) is 11.1 Å². The zero-order valence-electron chi connectivity index (χ0n) is 17.8. The van der Waals surface area contributed by atoms with E-state index in [0.717, 1.165) is 16.7 Å². The van der Waals surface area contributed by atoms with Crippen molar-refractivity contribution in [3.05, 3.63) is 77.1 Å². The first-order valence-corrected chi connectivity index (χ1v) is 10.6. The number of rotatable bonds is 5. The highest BCUT2D eigenvalue weighted by Gasteiger charge is 2.42. The molecule has 1 N–H and O–H groups in total. The van der Waals surface area contributed by atoms with Crippen molar-refractivity contribution in [2.45, 2.75) is 24.9 Å². The molecule has 2 atom stereocenters. The monoisotopic (exact) mass is 450 g/mol. The van der Waals surface area contributed by atoms with Crippen molar-refractivity contribution in [3.8, 4) is 11.1 Å². The Morgan fingerprint density at radius 2 is 1.66 bits per heavy atom. The fourth-order valence-electron chi connectivity index (χ4n) is 4.04. The third-order valence-corrected chi connectivity index (χ3v) is 6.02. The number of anilines is 1. The molecule has 0 radical (unpaired) electrons. The van der Waals surface area contributed by atoms with Gasteiger partial charge in [-0.1, -0.05) is 41.9 Å². The predicted molar refractivity (Wildman–Crippen MR) is 123 cm³/mol. The average Bonchev–Trinajstić information content (AvgIpc) is 3.24. The Hall–Kier alpha value is -3.45. The van der Waals surface area contributed by atoms with Crippen LogP contribution in [0, 0.1) is 0 Å². The van der Waals surface area contributed by atoms with Gasteiger partial charge in [0.1, 0.15) is 6.04 Å². The average molecular weight is 451 g/mol. The Balaban J connectivity index is 1.62. The van der Waals surface area contributed by atoms with Crippen molar-refractivity contribution >= 4 is 29.4 Å². The molecule has 8 heteroatoms. The molecule has 0 aliphatic carbocycles. The molecule has 0 spiro atoms. The van der Waals surface area contributed by atoms with E-state index in [1.807, 2.05) is 49.3 Å². The third kappa shape index (κ3) is 4.16. The van der Waals surface area contributed by atoms with Crippen LogP contribution >= 0.6 is 11.6 Å². The van der Waals surface area contributed by atoms with E-state index in [4.69, 9.17) is 11.6 Å². The summed E-state index contributed by atoms with van der Waals surface area (Å²) in [4.78, 5) is 37.2. The summed E-state index contributed by atoms with van der Waals surface area (Å²) in [7, 11) is 3.74. The maximum Gasteiger partial charge on any atom is 0.326 e. The van der Waals surface area contributed by atoms with Crippen LogP contribution in [0.3, 0.4) is 0 Å². The molecule has 2 aromatic carbocycles. The van der Waals surface area contributed by atoms with Gasteiger partial charge < -0.3 is 14.9 Å². The molecule has 1 saturated heterocycles. The molecule has 164 valence electrons. The standard InChI is InChI=1S/C24H23ClN4O3/c1-28(2)24-26-13-17(14-27-24)15-7-9-16(10-8-15)22(30)29-20(11-12-21(29)23(31)32)18-5-3-4-6-19(18)25/h3-10,13-14,20-21H,11-12H2,1-2H3,(H,31,32)/t20-,21+/m1/s1. The highest BCUT2D eigenvalue weighted by Crippen LogP contribution is 2.40. The minimum atomic E-state index is -1.01. The van der Waals surface area contributed by atoms with Crippen LogP contribution in [-0.2, 0) is 4.79 Å². The predicted octanol–water partition coefficient (Wildman–Crippen LogP) is 4.29. The van der Waals surface area contributed by atoms with E-state index in [-0.39, 0.29) is 11.9 Å². The molecule has 2 heterocycles. The Kier molecular flexibility index (Phi) is 6.10. The maximum absolute atomic E-state index is 13.4. The number of carbonyl (C=O) groups is 2. The van der Waals surface area contributed by atoms with Crippen molar-refractivity contribution in [3.63, 3.8) is 0 Å². The van der Waals surface area contributed by atoms with Gasteiger partial charge in [-0.3, -0.25) is 4.79 Å². The fourth-order valence-corrected chi connectivity index (χ4v) is 4.30. The van der Waals surface area contributed by atoms with Crippen molar-refractivity contribution in [2.24, 2.45) is 0 Å². The number of aromatic nitrogens is 2. The zero-order valence-corrected chi connectivity index (χ0v) is 18.5. The summed E-state index contributed by atoms with van der Waals surface area (Å²) in [6, 6.07) is 13.0. The number of likely N-dealkylation sites (tertiary alicyclic amines) is 1. The number of carboxylic acid groups (broad SMARTS) is 1. The number of amides is 1. The lowest BCUT2D eigenvalue weighted by Crippen LogP contribution is -2.41. The zero-order chi connectivity index (χ0) is 22.8. The van der Waals surface area contributed by atoms with Crippen molar-refractivity contribution in [1.29, 1.82) is 0 Å². The van der Waals surface area contributed by atoms with Gasteiger partial charge in [0.05, 0.1) is 6.04 Å². The number of carbonyl (C=O) groups excluding carboxylic acids is 1. The van der Waals surface area contributed by atoms with Gasteiger partial charge in [0.2, 0.25) is 5.95 Å². The van der Waals surface area contributed by atoms with Gasteiger partial charge in [0.15, 0.2) is 0 Å². The lowest BCUT2D eigenvalue weighted by Gasteiger charge is -2.29. The first kappa shape index (κ1) is 21.8. The van der Waals surface area contributed by atoms with Gasteiger partial charge in [-0.05, 0) is 42.2 Å². The quantitative estimate of drug-likeness (QED) is 0.623. The largest absolute Gasteiger partial charge is 0.480 e. The smallest absolute Gasteiger partial charge is 0.326 e. The molecule has 0 unspecified atom stereocenters. The molecule has 0 bridgehead atoms. The molecule has 4 rings (SSSR count). The Bertz CT molecular complexity index is 1130. The van der Waals surface area contributed by atoms with Crippen LogP contribution in [0.1, 0.15) is 34.8 Å². The summed E-state index contributed by atoms with van der Waals surface area (Å²) in [6.07, 6.45) is 4.38. The number of halogens is 1. The van der Waals surface area contributed by atoms with Gasteiger partial charge in [0, 0.05) is 42.6 Å². The van der Waals surface area contributed by atoms with Gasteiger partial charge in [-0.15, -0.1) is 0 Å². The van der Waals surface area contributed by atoms with Crippen LogP contribution in [0.4, 0.5) is 5.95 Å². The Morgan fingerprint density at radius 1 is 1.00 bits per heavy atom. The van der Waals surface area contributed by atoms with Crippen molar-refractivity contribution in [1.82, 2.24) is 14.9 Å². The molecule has 3 aromatic rings. The highest BCUT2D eigenvalue weighted by molar-refractivity contribution is 6.31. The first-order chi connectivity index (χ1) is 15.4. The molecular weight excluding hydrogens is 428 g/mol. The molecule has 7 nitrogen and oxygen atoms in total. The van der Waals surface area contributed by atoms with Crippen molar-refractivity contribution < 1.29 is 14.7 Å². The maximum atomic E-state index is 13.4. The van der Waals surface area contributed by atoms with E-state index >= 15 is 0 Å². The number of hydrogen-bond acceptors (Lipinski definition) is 5. The van der Waals surface area contributed by atoms with Crippen LogP contribution < -0.4 is 4.90 Å². The summed E-state index contributed by atoms with van der Waals surface area (Å²) in [5.74, 6) is -0.729. The topological polar surface area (TPSA) is 86.6 Å². The second kappa shape index (κ2) is 8.96. The summed E-state index contributed by atoms with van der Waals surface area (Å²) >= 11 is 6.37. The normalized spacial score (nSPS) is 17.9. The lowest BCUT2D eigenvalue weighted by molar-refractivity contribution is -0.141. The summed E-state index contributed by atoms with van der Waals surface area (Å²) in [5, 5.41) is 10.2. The Morgan fingerprint density at radius 3 is 2.25 bits per heavy atom. The minimum Gasteiger partial charge on any atom is -0.480 e. The van der Waals surface area contributed by atoms with Crippen LogP contribution in [-0.4, -0.2) is 52.0 Å². The molecular formula is C24H23ClN4O3. The third-order valence-electron chi connectivity index (χ3n) is 5.67. The van der Waals surface area contributed by atoms with Crippen LogP contribution in [0.2, 0.25) is 5.02 Å². The molecule has 1 aliphatic heterocycles. The molecule has 32 heavy (non-hydrogen) atoms. The highest BCUT2D eigenvalue weighted by atomic mass is 35.5. The number of carboxylic acids is 1. The second-order valence-corrected chi connectivity index (χ2v) is 8.33. The van der Waals surface area contributed by atoms with Crippen LogP contribution in [0.15, 0.2) is 60.9 Å². The number of benzene rings is 2. The van der Waals surface area contributed by atoms with E-state index in [0.29, 0.717) is 29.4 Å². The van der Waals surface area contributed by atoms with Gasteiger partial charge >= 0.3 is 5.97 Å². The van der Waals surface area contributed by atoms with Gasteiger partial charge in [0.25, 0.3) is 5.91 Å². The SMILES string of the molecule is CN(C)c1ncc(-c2ccc(C(=O)N3[C@@H](c4ccccc4Cl)CC[C@H]3C(=O)O)cc2)cn1. The van der Waals surface area contributed by atoms with E-state index in [1.54, 1.807) is 30.6 Å². The number of aliphatic carboxylic acids is 1. The fraction of sp³-hybridized carbons (Fsp3) is 0.250. The first-order valence-electron chi connectivity index (χ1n) is 10.3. The van der Waals surface area contributed by atoms with E-state index in [1.165, 1.54) is 4.90 Å². The minimum absolute atomic E-state index is 0.328. The number of hydrogen-bond donors (Lipinski definition) is 1. The summed E-state index contributed by atoms with van der Waals surface area (Å²) in [5.41, 5.74) is 2.88. The number of nitrogens with zero attached hydrogens (tertiary/aromatic N) is 4.